The smallest absolute Gasteiger partial charge is 0.222 e. The van der Waals surface area contributed by atoms with E-state index in [4.69, 9.17) is 0 Å². The van der Waals surface area contributed by atoms with Gasteiger partial charge in [-0.1, -0.05) is 27.4 Å². The fourth-order valence-corrected chi connectivity index (χ4v) is 2.79. The lowest BCUT2D eigenvalue weighted by atomic mass is 9.77. The maximum Gasteiger partial charge on any atom is 0.222 e. The lowest BCUT2D eigenvalue weighted by Gasteiger charge is -2.30. The highest BCUT2D eigenvalue weighted by Crippen LogP contribution is 2.34. The highest BCUT2D eigenvalue weighted by atomic mass is 16.2. The van der Waals surface area contributed by atoms with Crippen LogP contribution in [0.2, 0.25) is 0 Å². The molecule has 1 unspecified atom stereocenters. The first kappa shape index (κ1) is 18.2. The van der Waals surface area contributed by atoms with Gasteiger partial charge in [-0.15, -0.1) is 0 Å². The largest absolute Gasteiger partial charge is 0.339 e. The van der Waals surface area contributed by atoms with Gasteiger partial charge in [0.25, 0.3) is 0 Å². The first-order chi connectivity index (χ1) is 9.49. The molecule has 0 aromatic heterocycles. The molecule has 0 spiro atoms. The lowest BCUT2D eigenvalue weighted by molar-refractivity contribution is -0.130. The van der Waals surface area contributed by atoms with Crippen LogP contribution < -0.4 is 5.32 Å². The Bertz CT molecular complexity index is 374. The second kappa shape index (κ2) is 6.95. The molecule has 1 aliphatic heterocycles. The Morgan fingerprint density at radius 2 is 1.86 bits per heavy atom. The molecule has 0 saturated carbocycles. The van der Waals surface area contributed by atoms with Crippen LogP contribution in [0.1, 0.15) is 60.8 Å². The van der Waals surface area contributed by atoms with E-state index >= 15 is 0 Å². The molecule has 0 radical (unpaired) electrons. The highest BCUT2D eigenvalue weighted by Gasteiger charge is 2.29. The van der Waals surface area contributed by atoms with E-state index in [1.54, 1.807) is 0 Å². The summed E-state index contributed by atoms with van der Waals surface area (Å²) in [5, 5.41) is 3.44. The van der Waals surface area contributed by atoms with Gasteiger partial charge in [0.15, 0.2) is 0 Å². The lowest BCUT2D eigenvalue weighted by Crippen LogP contribution is -2.40. The molecule has 1 N–H and O–H groups in total. The average molecular weight is 294 g/mol. The van der Waals surface area contributed by atoms with Crippen molar-refractivity contribution in [3.63, 3.8) is 0 Å². The first-order valence-corrected chi connectivity index (χ1v) is 8.18. The fraction of sp³-hybridized carbons (Fsp3) is 0.833. The van der Waals surface area contributed by atoms with Crippen molar-refractivity contribution in [3.05, 3.63) is 12.2 Å². The topological polar surface area (TPSA) is 32.3 Å². The van der Waals surface area contributed by atoms with E-state index in [0.29, 0.717) is 30.2 Å². The van der Waals surface area contributed by atoms with Crippen molar-refractivity contribution in [2.75, 3.05) is 19.6 Å². The molecule has 3 heteroatoms. The molecule has 0 aliphatic carbocycles. The van der Waals surface area contributed by atoms with Crippen LogP contribution in [0.4, 0.5) is 0 Å². The minimum Gasteiger partial charge on any atom is -0.339 e. The molecular weight excluding hydrogens is 260 g/mol. The van der Waals surface area contributed by atoms with Crippen LogP contribution in [0.25, 0.3) is 0 Å². The third-order valence-corrected chi connectivity index (χ3v) is 4.31. The van der Waals surface area contributed by atoms with Crippen molar-refractivity contribution < 1.29 is 4.79 Å². The number of amides is 1. The quantitative estimate of drug-likeness (QED) is 0.803. The predicted octanol–water partition coefficient (Wildman–Crippen LogP) is 3.61. The van der Waals surface area contributed by atoms with Gasteiger partial charge >= 0.3 is 0 Å². The van der Waals surface area contributed by atoms with Gasteiger partial charge in [0, 0.05) is 31.6 Å². The second-order valence-corrected chi connectivity index (χ2v) is 8.56. The Morgan fingerprint density at radius 1 is 1.24 bits per heavy atom. The summed E-state index contributed by atoms with van der Waals surface area (Å²) in [4.78, 5) is 14.3. The molecule has 1 rings (SSSR count). The first-order valence-electron chi connectivity index (χ1n) is 8.18. The maximum absolute atomic E-state index is 12.3. The molecule has 3 nitrogen and oxygen atoms in total. The zero-order chi connectivity index (χ0) is 16.3. The van der Waals surface area contributed by atoms with Gasteiger partial charge in [0.05, 0.1) is 0 Å². The Labute approximate surface area is 131 Å². The molecule has 1 saturated heterocycles. The fourth-order valence-electron chi connectivity index (χ4n) is 2.79. The zero-order valence-electron chi connectivity index (χ0n) is 14.9. The number of nitrogens with zero attached hydrogens (tertiary/aromatic N) is 1. The average Bonchev–Trinajstić information content (AvgIpc) is 2.49. The van der Waals surface area contributed by atoms with Crippen LogP contribution in [0, 0.1) is 11.3 Å². The number of likely N-dealkylation sites (tertiary alicyclic amines) is 1. The third kappa shape index (κ3) is 6.64. The predicted molar refractivity (Wildman–Crippen MR) is 90.3 cm³/mol. The van der Waals surface area contributed by atoms with Crippen molar-refractivity contribution in [2.45, 2.75) is 66.3 Å². The van der Waals surface area contributed by atoms with E-state index in [2.05, 4.69) is 53.4 Å². The summed E-state index contributed by atoms with van der Waals surface area (Å²) >= 11 is 0. The van der Waals surface area contributed by atoms with E-state index in [1.165, 1.54) is 0 Å². The van der Waals surface area contributed by atoms with Gasteiger partial charge in [0.1, 0.15) is 0 Å². The zero-order valence-corrected chi connectivity index (χ0v) is 14.9. The molecule has 1 heterocycles. The number of hydrogen-bond donors (Lipinski definition) is 1. The molecule has 122 valence electrons. The summed E-state index contributed by atoms with van der Waals surface area (Å²) in [7, 11) is 0. The van der Waals surface area contributed by atoms with E-state index in [0.717, 1.165) is 31.5 Å². The van der Waals surface area contributed by atoms with Gasteiger partial charge in [-0.05, 0) is 50.5 Å². The number of nitrogens with one attached hydrogen (secondary N) is 1. The van der Waals surface area contributed by atoms with E-state index in [1.807, 2.05) is 4.90 Å². The molecule has 1 fully saturated rings. The number of hydrogen-bond acceptors (Lipinski definition) is 2. The number of carbonyl (C=O) groups excluding carboxylic acids is 1. The number of rotatable bonds is 4. The molecule has 0 aromatic rings. The summed E-state index contributed by atoms with van der Waals surface area (Å²) in [6.07, 6.45) is 2.81. The molecule has 1 aliphatic rings. The van der Waals surface area contributed by atoms with Crippen LogP contribution in [0.5, 0.6) is 0 Å². The van der Waals surface area contributed by atoms with Gasteiger partial charge in [-0.3, -0.25) is 4.79 Å². The van der Waals surface area contributed by atoms with E-state index in [-0.39, 0.29) is 5.54 Å². The molecule has 0 bridgehead atoms. The van der Waals surface area contributed by atoms with Crippen LogP contribution in [-0.2, 0) is 4.79 Å². The second-order valence-electron chi connectivity index (χ2n) is 8.56. The number of carbonyl (C=O) groups is 1. The van der Waals surface area contributed by atoms with Crippen molar-refractivity contribution in [1.82, 2.24) is 10.2 Å². The summed E-state index contributed by atoms with van der Waals surface area (Å²) in [6.45, 7) is 19.7. The van der Waals surface area contributed by atoms with Crippen LogP contribution in [0.3, 0.4) is 0 Å². The van der Waals surface area contributed by atoms with Gasteiger partial charge in [-0.25, -0.2) is 0 Å². The van der Waals surface area contributed by atoms with Gasteiger partial charge in [0.2, 0.25) is 5.91 Å². The van der Waals surface area contributed by atoms with Crippen molar-refractivity contribution >= 4 is 5.91 Å². The molecule has 21 heavy (non-hydrogen) atoms. The Hall–Kier alpha value is -0.830. The van der Waals surface area contributed by atoms with Crippen LogP contribution in [-0.4, -0.2) is 36.0 Å². The molecule has 1 amide bonds. The molecule has 1 atom stereocenters. The standard InChI is InChI=1S/C18H34N2O/c1-14(12-19-18(5,6)7)13-20-11-10-15(17(2,3)4)8-9-16(20)21/h15,19H,1,8-13H2,2-7H3. The highest BCUT2D eigenvalue weighted by molar-refractivity contribution is 5.76. The SMILES string of the molecule is C=C(CNC(C)(C)C)CN1CCC(C(C)(C)C)CCC1=O. The monoisotopic (exact) mass is 294 g/mol. The van der Waals surface area contributed by atoms with E-state index in [9.17, 15) is 4.79 Å². The van der Waals surface area contributed by atoms with Gasteiger partial charge < -0.3 is 10.2 Å². The van der Waals surface area contributed by atoms with Crippen LogP contribution >= 0.6 is 0 Å². The summed E-state index contributed by atoms with van der Waals surface area (Å²) < 4.78 is 0. The normalized spacial score (nSPS) is 21.3. The van der Waals surface area contributed by atoms with Crippen molar-refractivity contribution in [3.8, 4) is 0 Å². The molecular formula is C18H34N2O. The maximum atomic E-state index is 12.3. The Morgan fingerprint density at radius 3 is 2.38 bits per heavy atom. The minimum atomic E-state index is 0.0864. The Balaban J connectivity index is 2.52. The minimum absolute atomic E-state index is 0.0864. The van der Waals surface area contributed by atoms with E-state index < -0.39 is 0 Å². The summed E-state index contributed by atoms with van der Waals surface area (Å²) in [6, 6.07) is 0. The van der Waals surface area contributed by atoms with Crippen molar-refractivity contribution in [1.29, 1.82) is 0 Å². The van der Waals surface area contributed by atoms with Crippen LogP contribution in [0.15, 0.2) is 12.2 Å². The third-order valence-electron chi connectivity index (χ3n) is 4.31. The summed E-state index contributed by atoms with van der Waals surface area (Å²) in [5.74, 6) is 0.922. The molecule has 0 aromatic carbocycles. The summed E-state index contributed by atoms with van der Waals surface area (Å²) in [5.41, 5.74) is 1.47. The van der Waals surface area contributed by atoms with Crippen molar-refractivity contribution in [2.24, 2.45) is 11.3 Å². The Kier molecular flexibility index (Phi) is 6.03. The van der Waals surface area contributed by atoms with Gasteiger partial charge in [-0.2, -0.15) is 0 Å².